The number of ether oxygens (including phenoxy) is 1. The van der Waals surface area contributed by atoms with Crippen LogP contribution in [0.1, 0.15) is 47.5 Å². The Kier molecular flexibility index (Phi) is 6.28. The van der Waals surface area contributed by atoms with Gasteiger partial charge in [-0.3, -0.25) is 9.59 Å². The lowest BCUT2D eigenvalue weighted by Gasteiger charge is -2.26. The largest absolute Gasteiger partial charge is 0.494 e. The fraction of sp³-hybridized carbons (Fsp3) is 0.360. The van der Waals surface area contributed by atoms with Crippen molar-refractivity contribution in [1.82, 2.24) is 9.80 Å². The summed E-state index contributed by atoms with van der Waals surface area (Å²) in [5, 5.41) is 0.139. The maximum absolute atomic E-state index is 13.9. The molecule has 2 heterocycles. The summed E-state index contributed by atoms with van der Waals surface area (Å²) >= 11 is 0. The lowest BCUT2D eigenvalue weighted by atomic mass is 9.98. The molecule has 0 bridgehead atoms. The van der Waals surface area contributed by atoms with Crippen molar-refractivity contribution >= 4 is 16.9 Å². The van der Waals surface area contributed by atoms with Crippen LogP contribution in [0.5, 0.6) is 5.75 Å². The quantitative estimate of drug-likeness (QED) is 0.527. The third-order valence-corrected chi connectivity index (χ3v) is 5.60. The zero-order chi connectivity index (χ0) is 22.8. The van der Waals surface area contributed by atoms with Crippen molar-refractivity contribution in [3.05, 3.63) is 75.4 Å². The standard InChI is InChI=1S/C25H27FN2O4/c1-4-14-31-18-9-6-16(7-10-18)22-21-23(29)19-15-17(26)8-11-20(19)32-24(21)25(30)28(22)13-5-12-27(2)3/h6-11,15,22H,4-5,12-14H2,1-3H3/t22-/m0/s1. The zero-order valence-corrected chi connectivity index (χ0v) is 18.6. The molecule has 0 aliphatic carbocycles. The van der Waals surface area contributed by atoms with E-state index in [-0.39, 0.29) is 33.6 Å². The lowest BCUT2D eigenvalue weighted by molar-refractivity contribution is 0.0722. The predicted molar refractivity (Wildman–Crippen MR) is 121 cm³/mol. The van der Waals surface area contributed by atoms with E-state index in [1.54, 1.807) is 4.90 Å². The number of carbonyl (C=O) groups is 1. The van der Waals surface area contributed by atoms with Crippen molar-refractivity contribution in [3.63, 3.8) is 0 Å². The van der Waals surface area contributed by atoms with Gasteiger partial charge >= 0.3 is 0 Å². The average Bonchev–Trinajstić information content (AvgIpc) is 3.05. The summed E-state index contributed by atoms with van der Waals surface area (Å²) in [6.45, 7) is 3.91. The molecule has 32 heavy (non-hydrogen) atoms. The molecular formula is C25H27FN2O4. The Hall–Kier alpha value is -3.19. The van der Waals surface area contributed by atoms with Gasteiger partial charge in [-0.15, -0.1) is 0 Å². The number of benzene rings is 2. The van der Waals surface area contributed by atoms with E-state index in [9.17, 15) is 14.0 Å². The van der Waals surface area contributed by atoms with E-state index >= 15 is 0 Å². The third-order valence-electron chi connectivity index (χ3n) is 5.60. The van der Waals surface area contributed by atoms with E-state index in [0.717, 1.165) is 30.7 Å². The first kappa shape index (κ1) is 22.0. The van der Waals surface area contributed by atoms with E-state index in [1.807, 2.05) is 50.2 Å². The van der Waals surface area contributed by atoms with E-state index in [0.29, 0.717) is 13.2 Å². The first-order valence-corrected chi connectivity index (χ1v) is 10.9. The Morgan fingerprint density at radius 1 is 1.12 bits per heavy atom. The van der Waals surface area contributed by atoms with Gasteiger partial charge in [-0.25, -0.2) is 4.39 Å². The summed E-state index contributed by atoms with van der Waals surface area (Å²) in [6.07, 6.45) is 1.64. The Morgan fingerprint density at radius 3 is 2.56 bits per heavy atom. The normalized spacial score (nSPS) is 15.6. The number of amides is 1. The van der Waals surface area contributed by atoms with E-state index in [4.69, 9.17) is 9.15 Å². The van der Waals surface area contributed by atoms with Crippen LogP contribution in [0, 0.1) is 5.82 Å². The fourth-order valence-electron chi connectivity index (χ4n) is 4.09. The fourth-order valence-corrected chi connectivity index (χ4v) is 4.09. The van der Waals surface area contributed by atoms with Gasteiger partial charge in [0.05, 0.1) is 23.6 Å². The van der Waals surface area contributed by atoms with Crippen molar-refractivity contribution in [1.29, 1.82) is 0 Å². The highest BCUT2D eigenvalue weighted by Crippen LogP contribution is 2.38. The number of rotatable bonds is 8. The third kappa shape index (κ3) is 4.12. The van der Waals surface area contributed by atoms with E-state index in [1.165, 1.54) is 18.2 Å². The summed E-state index contributed by atoms with van der Waals surface area (Å²) < 4.78 is 25.4. The number of nitrogens with zero attached hydrogens (tertiary/aromatic N) is 2. The molecule has 7 heteroatoms. The van der Waals surface area contributed by atoms with Gasteiger partial charge in [0.2, 0.25) is 5.76 Å². The number of hydrogen-bond donors (Lipinski definition) is 0. The molecule has 168 valence electrons. The number of hydrogen-bond acceptors (Lipinski definition) is 5. The molecule has 3 aromatic rings. The minimum Gasteiger partial charge on any atom is -0.494 e. The van der Waals surface area contributed by atoms with Crippen LogP contribution in [0.25, 0.3) is 11.0 Å². The van der Waals surface area contributed by atoms with Crippen LogP contribution in [-0.4, -0.2) is 49.5 Å². The molecule has 1 aliphatic heterocycles. The molecule has 1 amide bonds. The van der Waals surface area contributed by atoms with E-state index in [2.05, 4.69) is 0 Å². The molecule has 4 rings (SSSR count). The zero-order valence-electron chi connectivity index (χ0n) is 18.6. The topological polar surface area (TPSA) is 63.0 Å². The maximum Gasteiger partial charge on any atom is 0.290 e. The monoisotopic (exact) mass is 438 g/mol. The van der Waals surface area contributed by atoms with Crippen molar-refractivity contribution in [3.8, 4) is 5.75 Å². The van der Waals surface area contributed by atoms with Gasteiger partial charge in [0.1, 0.15) is 17.1 Å². The molecule has 0 N–H and O–H groups in total. The highest BCUT2D eigenvalue weighted by molar-refractivity contribution is 5.99. The van der Waals surface area contributed by atoms with Crippen LogP contribution in [0.3, 0.4) is 0 Å². The van der Waals surface area contributed by atoms with Gasteiger partial charge in [0, 0.05) is 6.54 Å². The molecule has 0 saturated heterocycles. The summed E-state index contributed by atoms with van der Waals surface area (Å²) in [6, 6.07) is 10.6. The molecule has 0 spiro atoms. The van der Waals surface area contributed by atoms with Gasteiger partial charge in [-0.05, 0) is 69.4 Å². The molecule has 0 radical (unpaired) electrons. The summed E-state index contributed by atoms with van der Waals surface area (Å²) in [5.41, 5.74) is 0.884. The number of halogens is 1. The van der Waals surface area contributed by atoms with Crippen molar-refractivity contribution in [2.24, 2.45) is 0 Å². The highest BCUT2D eigenvalue weighted by atomic mass is 19.1. The molecule has 0 fully saturated rings. The second-order valence-corrected chi connectivity index (χ2v) is 8.29. The van der Waals surface area contributed by atoms with Crippen LogP contribution < -0.4 is 10.2 Å². The Balaban J connectivity index is 1.80. The first-order chi connectivity index (χ1) is 15.4. The molecule has 1 aliphatic rings. The van der Waals surface area contributed by atoms with Crippen molar-refractivity contribution < 1.29 is 18.3 Å². The molecular weight excluding hydrogens is 411 g/mol. The summed E-state index contributed by atoms with van der Waals surface area (Å²) in [5.74, 6) is -0.0773. The molecule has 1 aromatic heterocycles. The smallest absolute Gasteiger partial charge is 0.290 e. The van der Waals surface area contributed by atoms with Gasteiger partial charge in [0.25, 0.3) is 5.91 Å². The van der Waals surface area contributed by atoms with E-state index < -0.39 is 11.9 Å². The van der Waals surface area contributed by atoms with Gasteiger partial charge in [-0.2, -0.15) is 0 Å². The Bertz CT molecular complexity index is 1190. The maximum atomic E-state index is 13.9. The van der Waals surface area contributed by atoms with Gasteiger partial charge in [-0.1, -0.05) is 19.1 Å². The van der Waals surface area contributed by atoms with Crippen LogP contribution in [0.4, 0.5) is 4.39 Å². The minimum absolute atomic E-state index is 0.0373. The Morgan fingerprint density at radius 2 is 1.88 bits per heavy atom. The Labute approximate surface area is 186 Å². The second kappa shape index (κ2) is 9.12. The average molecular weight is 438 g/mol. The molecule has 0 unspecified atom stereocenters. The molecule has 2 aromatic carbocycles. The summed E-state index contributed by atoms with van der Waals surface area (Å²) in [7, 11) is 3.94. The van der Waals surface area contributed by atoms with Crippen LogP contribution in [0.2, 0.25) is 0 Å². The second-order valence-electron chi connectivity index (χ2n) is 8.29. The van der Waals surface area contributed by atoms with Crippen LogP contribution in [-0.2, 0) is 0 Å². The molecule has 0 saturated carbocycles. The molecule has 6 nitrogen and oxygen atoms in total. The van der Waals surface area contributed by atoms with Crippen molar-refractivity contribution in [2.45, 2.75) is 25.8 Å². The summed E-state index contributed by atoms with van der Waals surface area (Å²) in [4.78, 5) is 30.4. The predicted octanol–water partition coefficient (Wildman–Crippen LogP) is 4.22. The minimum atomic E-state index is -0.594. The van der Waals surface area contributed by atoms with Crippen molar-refractivity contribution in [2.75, 3.05) is 33.8 Å². The first-order valence-electron chi connectivity index (χ1n) is 10.9. The van der Waals surface area contributed by atoms with Gasteiger partial charge in [0.15, 0.2) is 5.43 Å². The highest BCUT2D eigenvalue weighted by Gasteiger charge is 2.42. The molecule has 1 atom stereocenters. The number of carbonyl (C=O) groups excluding carboxylic acids is 1. The lowest BCUT2D eigenvalue weighted by Crippen LogP contribution is -2.32. The van der Waals surface area contributed by atoms with Crippen LogP contribution in [0.15, 0.2) is 51.7 Å². The number of fused-ring (bicyclic) bond motifs is 2. The SMILES string of the molecule is CCCOc1ccc([C@H]2c3c(oc4ccc(F)cc4c3=O)C(=O)N2CCCN(C)C)cc1. The van der Waals surface area contributed by atoms with Crippen LogP contribution >= 0.6 is 0 Å². The van der Waals surface area contributed by atoms with Gasteiger partial charge < -0.3 is 19.0 Å².